The number of hydrogen-bond donors (Lipinski definition) is 3. The number of phosphoric ester groups is 2. The molecule has 570 valence electrons. The van der Waals surface area contributed by atoms with Gasteiger partial charge >= 0.3 is 39.5 Å². The van der Waals surface area contributed by atoms with Gasteiger partial charge in [0.1, 0.15) is 19.3 Å². The maximum Gasteiger partial charge on any atom is 0.472 e. The molecule has 0 aromatic rings. The van der Waals surface area contributed by atoms with Crippen molar-refractivity contribution < 1.29 is 80.2 Å². The van der Waals surface area contributed by atoms with Crippen molar-refractivity contribution >= 4 is 39.5 Å². The number of aliphatic hydroxyl groups excluding tert-OH is 1. The Bertz CT molecular complexity index is 2140. The first kappa shape index (κ1) is 94.5. The summed E-state index contributed by atoms with van der Waals surface area (Å²) in [5.74, 6) is -2.23. The van der Waals surface area contributed by atoms with Crippen LogP contribution < -0.4 is 0 Å². The summed E-state index contributed by atoms with van der Waals surface area (Å²) in [6, 6.07) is 0. The first-order valence-electron chi connectivity index (χ1n) is 39.2. The molecule has 0 aliphatic heterocycles. The largest absolute Gasteiger partial charge is 0.472 e. The minimum atomic E-state index is -4.98. The second-order valence-corrected chi connectivity index (χ2v) is 29.2. The molecule has 0 amide bonds. The van der Waals surface area contributed by atoms with Gasteiger partial charge in [-0.25, -0.2) is 9.13 Å². The van der Waals surface area contributed by atoms with Crippen molar-refractivity contribution in [3.63, 3.8) is 0 Å². The molecule has 0 spiro atoms. The van der Waals surface area contributed by atoms with Crippen molar-refractivity contribution in [2.45, 2.75) is 367 Å². The highest BCUT2D eigenvalue weighted by atomic mass is 31.2. The molecule has 98 heavy (non-hydrogen) atoms. The van der Waals surface area contributed by atoms with Crippen molar-refractivity contribution in [2.75, 3.05) is 39.6 Å². The summed E-state index contributed by atoms with van der Waals surface area (Å²) in [5, 5.41) is 10.6. The Kier molecular flexibility index (Phi) is 69.3. The van der Waals surface area contributed by atoms with Crippen LogP contribution in [0.3, 0.4) is 0 Å². The lowest BCUT2D eigenvalue weighted by Crippen LogP contribution is -2.30. The zero-order valence-electron chi connectivity index (χ0n) is 62.2. The highest BCUT2D eigenvalue weighted by Crippen LogP contribution is 2.45. The quantitative estimate of drug-likeness (QED) is 0.0169. The van der Waals surface area contributed by atoms with Crippen LogP contribution in [0.5, 0.6) is 0 Å². The molecule has 5 atom stereocenters. The van der Waals surface area contributed by atoms with E-state index in [1.165, 1.54) is 135 Å². The molecule has 0 radical (unpaired) electrons. The third-order valence-corrected chi connectivity index (χ3v) is 18.5. The van der Waals surface area contributed by atoms with Crippen LogP contribution in [0, 0.1) is 0 Å². The van der Waals surface area contributed by atoms with Crippen molar-refractivity contribution in [2.24, 2.45) is 0 Å². The number of esters is 4. The topological polar surface area (TPSA) is 237 Å². The Morgan fingerprint density at radius 1 is 0.286 bits per heavy atom. The van der Waals surface area contributed by atoms with Crippen LogP contribution in [0.25, 0.3) is 0 Å². The number of unbranched alkanes of at least 4 members (excludes halogenated alkanes) is 36. The van der Waals surface area contributed by atoms with Crippen LogP contribution >= 0.6 is 15.6 Å². The molecular formula is C79H142O17P2. The van der Waals surface area contributed by atoms with E-state index in [1.807, 2.05) is 12.2 Å². The average Bonchev–Trinajstić information content (AvgIpc) is 1.05. The van der Waals surface area contributed by atoms with E-state index in [0.717, 1.165) is 128 Å². The van der Waals surface area contributed by atoms with Crippen LogP contribution in [0.4, 0.5) is 0 Å². The van der Waals surface area contributed by atoms with E-state index < -0.39 is 97.5 Å². The smallest absolute Gasteiger partial charge is 0.462 e. The summed E-state index contributed by atoms with van der Waals surface area (Å²) in [6.07, 6.45) is 71.8. The number of carbonyl (C=O) groups excluding carboxylic acids is 4. The molecule has 3 N–H and O–H groups in total. The molecule has 0 aromatic carbocycles. The molecule has 17 nitrogen and oxygen atoms in total. The summed E-state index contributed by atoms with van der Waals surface area (Å²) < 4.78 is 68.5. The van der Waals surface area contributed by atoms with E-state index >= 15 is 0 Å². The van der Waals surface area contributed by atoms with E-state index in [1.54, 1.807) is 0 Å². The van der Waals surface area contributed by atoms with Gasteiger partial charge in [0.25, 0.3) is 0 Å². The fraction of sp³-hybridized carbons (Fsp3) is 0.797. The number of rotatable bonds is 74. The molecule has 0 saturated carbocycles. The van der Waals surface area contributed by atoms with Crippen molar-refractivity contribution in [3.8, 4) is 0 Å². The molecule has 0 saturated heterocycles. The van der Waals surface area contributed by atoms with Crippen LogP contribution in [0.2, 0.25) is 0 Å². The Balaban J connectivity index is 5.38. The minimum Gasteiger partial charge on any atom is -0.462 e. The van der Waals surface area contributed by atoms with Gasteiger partial charge in [0.15, 0.2) is 12.2 Å². The van der Waals surface area contributed by atoms with E-state index in [9.17, 15) is 43.2 Å². The lowest BCUT2D eigenvalue weighted by molar-refractivity contribution is -0.161. The maximum absolute atomic E-state index is 13.1. The number of allylic oxidation sites excluding steroid dienone is 12. The van der Waals surface area contributed by atoms with Gasteiger partial charge in [-0.1, -0.05) is 280 Å². The summed E-state index contributed by atoms with van der Waals surface area (Å²) >= 11 is 0. The molecule has 0 aliphatic carbocycles. The Morgan fingerprint density at radius 3 is 0.847 bits per heavy atom. The van der Waals surface area contributed by atoms with Crippen LogP contribution in [0.1, 0.15) is 349 Å². The molecule has 0 fully saturated rings. The number of phosphoric acid groups is 2. The van der Waals surface area contributed by atoms with Crippen LogP contribution in [-0.2, 0) is 65.4 Å². The molecule has 2 unspecified atom stereocenters. The lowest BCUT2D eigenvalue weighted by Gasteiger charge is -2.21. The van der Waals surface area contributed by atoms with Gasteiger partial charge < -0.3 is 33.8 Å². The van der Waals surface area contributed by atoms with E-state index in [0.29, 0.717) is 32.1 Å². The Morgan fingerprint density at radius 2 is 0.510 bits per heavy atom. The number of ether oxygens (including phenoxy) is 4. The molecule has 0 aromatic heterocycles. The highest BCUT2D eigenvalue weighted by Gasteiger charge is 2.30. The third kappa shape index (κ3) is 70.9. The Hall–Kier alpha value is -3.50. The maximum atomic E-state index is 13.1. The summed E-state index contributed by atoms with van der Waals surface area (Å²) in [6.45, 7) is 4.79. The van der Waals surface area contributed by atoms with Gasteiger partial charge in [-0.3, -0.25) is 37.3 Å². The SMILES string of the molecule is CCCCC/C=C\C/C=C\C/C=C\C/C=C\CCCC(=O)OC[C@H](COP(=O)(O)OC[C@H](O)COP(=O)(O)OC[C@@H](COC(=O)CCCCCCC/C=C\CCCCCC)OC(=O)CCCCCCCCCCCCCCC)OC(=O)CCCCCCC/C=C\CCCCCCCC. The first-order valence-corrected chi connectivity index (χ1v) is 42.2. The van der Waals surface area contributed by atoms with Crippen molar-refractivity contribution in [1.29, 1.82) is 0 Å². The predicted molar refractivity (Wildman–Crippen MR) is 400 cm³/mol. The highest BCUT2D eigenvalue weighted by molar-refractivity contribution is 7.47. The second-order valence-electron chi connectivity index (χ2n) is 26.3. The molecule has 0 rings (SSSR count). The summed E-state index contributed by atoms with van der Waals surface area (Å²) in [4.78, 5) is 72.8. The minimum absolute atomic E-state index is 0.0760. The van der Waals surface area contributed by atoms with E-state index in [2.05, 4.69) is 88.5 Å². The van der Waals surface area contributed by atoms with Gasteiger partial charge in [0.2, 0.25) is 0 Å². The van der Waals surface area contributed by atoms with Crippen LogP contribution in [0.15, 0.2) is 72.9 Å². The van der Waals surface area contributed by atoms with Crippen LogP contribution in [-0.4, -0.2) is 96.7 Å². The van der Waals surface area contributed by atoms with Gasteiger partial charge in [0.05, 0.1) is 26.4 Å². The van der Waals surface area contributed by atoms with E-state index in [-0.39, 0.29) is 25.7 Å². The average molecular weight is 1430 g/mol. The zero-order valence-corrected chi connectivity index (χ0v) is 64.0. The zero-order chi connectivity index (χ0) is 71.8. The first-order chi connectivity index (χ1) is 47.7. The third-order valence-electron chi connectivity index (χ3n) is 16.6. The normalized spacial score (nSPS) is 14.3. The number of aliphatic hydroxyl groups is 1. The number of hydrogen-bond acceptors (Lipinski definition) is 15. The standard InChI is InChI=1S/C79H142O17P2/c1-5-9-13-17-21-25-29-33-35-36-38-41-44-48-52-56-60-64-77(82)90-70-75(96-79(84)66-62-58-54-50-46-42-37-34-30-26-22-18-14-10-6-2)72-94-98(87,88)92-68-73(80)67-91-97(85,86)93-71-74(95-78(83)65-61-57-53-49-45-40-32-28-24-20-16-12-8-4)69-89-76(81)63-59-55-51-47-43-39-31-27-23-19-15-11-7-3/h21,25,27,31,33-35,37-38,41,48,52,73-75,80H,5-20,22-24,26,28-30,32,36,39-40,42-47,49-51,53-72H2,1-4H3,(H,85,86)(H,87,88)/b25-21-,31-27-,35-33-,37-34-,41-38-,52-48-/t73-,74-,75-/m1/s1. The monoisotopic (exact) mass is 1420 g/mol. The molecule has 19 heteroatoms. The fourth-order valence-electron chi connectivity index (χ4n) is 10.6. The van der Waals surface area contributed by atoms with E-state index in [4.69, 9.17) is 37.0 Å². The number of carbonyl (C=O) groups is 4. The lowest BCUT2D eigenvalue weighted by atomic mass is 10.0. The fourth-order valence-corrected chi connectivity index (χ4v) is 12.2. The molecular weight excluding hydrogens is 1280 g/mol. The summed E-state index contributed by atoms with van der Waals surface area (Å²) in [7, 11) is -9.95. The van der Waals surface area contributed by atoms with Gasteiger partial charge in [-0.15, -0.1) is 0 Å². The van der Waals surface area contributed by atoms with Gasteiger partial charge in [0, 0.05) is 25.7 Å². The molecule has 0 aliphatic rings. The Labute approximate surface area is 596 Å². The van der Waals surface area contributed by atoms with Crippen molar-refractivity contribution in [1.82, 2.24) is 0 Å². The van der Waals surface area contributed by atoms with Crippen molar-refractivity contribution in [3.05, 3.63) is 72.9 Å². The second kappa shape index (κ2) is 71.9. The van der Waals surface area contributed by atoms with Gasteiger partial charge in [-0.05, 0) is 116 Å². The van der Waals surface area contributed by atoms with Gasteiger partial charge in [-0.2, -0.15) is 0 Å². The molecule has 0 bridgehead atoms. The summed E-state index contributed by atoms with van der Waals surface area (Å²) in [5.41, 5.74) is 0. The predicted octanol–water partition coefficient (Wildman–Crippen LogP) is 22.4. The molecule has 0 heterocycles.